The molecule has 4 rings (SSSR count). The van der Waals surface area contributed by atoms with Gasteiger partial charge in [-0.25, -0.2) is 4.79 Å². The van der Waals surface area contributed by atoms with E-state index in [4.69, 9.17) is 16.2 Å². The van der Waals surface area contributed by atoms with Crippen LogP contribution in [0.15, 0.2) is 97.3 Å². The molecule has 0 saturated carbocycles. The fourth-order valence-electron chi connectivity index (χ4n) is 3.01. The Hall–Kier alpha value is -4.32. The SMILES string of the molecule is Nc1ccc(N(c2ccc(N)cc2)c2ccc(C(=O)Oc3cccnc3)cc2)cc1. The second-order valence-corrected chi connectivity index (χ2v) is 6.64. The average molecular weight is 396 g/mol. The van der Waals surface area contributed by atoms with Gasteiger partial charge in [-0.3, -0.25) is 4.98 Å². The van der Waals surface area contributed by atoms with Crippen LogP contribution in [0.4, 0.5) is 28.4 Å². The van der Waals surface area contributed by atoms with Crippen molar-refractivity contribution >= 4 is 34.4 Å². The molecule has 1 aromatic heterocycles. The molecule has 6 nitrogen and oxygen atoms in total. The van der Waals surface area contributed by atoms with Crippen molar-refractivity contribution in [3.8, 4) is 5.75 Å². The van der Waals surface area contributed by atoms with Crippen molar-refractivity contribution in [1.82, 2.24) is 4.98 Å². The van der Waals surface area contributed by atoms with E-state index in [1.807, 2.05) is 60.7 Å². The minimum absolute atomic E-state index is 0.400. The summed E-state index contributed by atoms with van der Waals surface area (Å²) in [6.07, 6.45) is 3.12. The minimum atomic E-state index is -0.443. The van der Waals surface area contributed by atoms with E-state index in [-0.39, 0.29) is 0 Å². The molecule has 0 bridgehead atoms. The van der Waals surface area contributed by atoms with E-state index in [9.17, 15) is 4.79 Å². The smallest absolute Gasteiger partial charge is 0.343 e. The molecule has 4 N–H and O–H groups in total. The first-order valence-corrected chi connectivity index (χ1v) is 9.34. The number of benzene rings is 3. The van der Waals surface area contributed by atoms with Gasteiger partial charge in [0.2, 0.25) is 0 Å². The molecule has 30 heavy (non-hydrogen) atoms. The summed E-state index contributed by atoms with van der Waals surface area (Å²) >= 11 is 0. The lowest BCUT2D eigenvalue weighted by atomic mass is 10.1. The van der Waals surface area contributed by atoms with Crippen LogP contribution in [0.2, 0.25) is 0 Å². The Kier molecular flexibility index (Phi) is 5.30. The largest absolute Gasteiger partial charge is 0.421 e. The van der Waals surface area contributed by atoms with Gasteiger partial charge in [-0.2, -0.15) is 0 Å². The quantitative estimate of drug-likeness (QED) is 0.367. The number of aromatic nitrogens is 1. The summed E-state index contributed by atoms with van der Waals surface area (Å²) < 4.78 is 5.35. The number of nitrogens with two attached hydrogens (primary N) is 2. The predicted molar refractivity (Wildman–Crippen MR) is 119 cm³/mol. The summed E-state index contributed by atoms with van der Waals surface area (Å²) in [4.78, 5) is 18.4. The van der Waals surface area contributed by atoms with Crippen LogP contribution in [-0.4, -0.2) is 11.0 Å². The Labute approximate surface area is 174 Å². The fraction of sp³-hybridized carbons (Fsp3) is 0. The van der Waals surface area contributed by atoms with Crippen molar-refractivity contribution in [2.75, 3.05) is 16.4 Å². The van der Waals surface area contributed by atoms with Crippen LogP contribution >= 0.6 is 0 Å². The first-order valence-electron chi connectivity index (χ1n) is 9.34. The molecule has 0 saturated heterocycles. The van der Waals surface area contributed by atoms with E-state index in [1.54, 1.807) is 30.5 Å². The maximum Gasteiger partial charge on any atom is 0.343 e. The Bertz CT molecular complexity index is 1080. The number of carbonyl (C=O) groups is 1. The Balaban J connectivity index is 1.64. The highest BCUT2D eigenvalue weighted by Gasteiger charge is 2.14. The van der Waals surface area contributed by atoms with Gasteiger partial charge < -0.3 is 21.1 Å². The molecule has 4 aromatic rings. The number of hydrogen-bond acceptors (Lipinski definition) is 6. The van der Waals surface area contributed by atoms with Gasteiger partial charge in [0, 0.05) is 34.6 Å². The molecule has 0 aliphatic rings. The third-order valence-electron chi connectivity index (χ3n) is 4.51. The van der Waals surface area contributed by atoms with E-state index >= 15 is 0 Å². The zero-order valence-electron chi connectivity index (χ0n) is 16.1. The van der Waals surface area contributed by atoms with Crippen LogP contribution in [0.1, 0.15) is 10.4 Å². The highest BCUT2D eigenvalue weighted by Crippen LogP contribution is 2.35. The highest BCUT2D eigenvalue weighted by molar-refractivity contribution is 5.92. The van der Waals surface area contributed by atoms with Gasteiger partial charge in [0.05, 0.1) is 11.8 Å². The third-order valence-corrected chi connectivity index (χ3v) is 4.51. The zero-order chi connectivity index (χ0) is 20.9. The van der Waals surface area contributed by atoms with Crippen LogP contribution in [0.3, 0.4) is 0 Å². The minimum Gasteiger partial charge on any atom is -0.421 e. The van der Waals surface area contributed by atoms with Gasteiger partial charge in [0.25, 0.3) is 0 Å². The van der Waals surface area contributed by atoms with Gasteiger partial charge in [-0.05, 0) is 84.9 Å². The third kappa shape index (κ3) is 4.23. The molecule has 148 valence electrons. The number of rotatable bonds is 5. The second-order valence-electron chi connectivity index (χ2n) is 6.64. The molecule has 0 aliphatic carbocycles. The van der Waals surface area contributed by atoms with Crippen LogP contribution in [0, 0.1) is 0 Å². The second kappa shape index (κ2) is 8.36. The van der Waals surface area contributed by atoms with Crippen LogP contribution in [0.5, 0.6) is 5.75 Å². The molecule has 0 radical (unpaired) electrons. The van der Waals surface area contributed by atoms with Crippen molar-refractivity contribution in [3.63, 3.8) is 0 Å². The molecule has 0 aliphatic heterocycles. The first-order chi connectivity index (χ1) is 14.6. The van der Waals surface area contributed by atoms with Gasteiger partial charge in [-0.15, -0.1) is 0 Å². The molecule has 0 spiro atoms. The molecule has 6 heteroatoms. The topological polar surface area (TPSA) is 94.5 Å². The number of carbonyl (C=O) groups excluding carboxylic acids is 1. The number of nitrogens with zero attached hydrogens (tertiary/aromatic N) is 2. The van der Waals surface area contributed by atoms with E-state index in [1.165, 1.54) is 6.20 Å². The maximum atomic E-state index is 12.4. The van der Waals surface area contributed by atoms with E-state index in [0.717, 1.165) is 17.1 Å². The zero-order valence-corrected chi connectivity index (χ0v) is 16.1. The Morgan fingerprint density at radius 1 is 0.733 bits per heavy atom. The molecule has 1 heterocycles. The first kappa shape index (κ1) is 19.0. The summed E-state index contributed by atoms with van der Waals surface area (Å²) in [6, 6.07) is 25.7. The van der Waals surface area contributed by atoms with Crippen molar-refractivity contribution in [2.45, 2.75) is 0 Å². The number of ether oxygens (including phenoxy) is 1. The lowest BCUT2D eigenvalue weighted by Crippen LogP contribution is -2.12. The average Bonchev–Trinajstić information content (AvgIpc) is 2.78. The van der Waals surface area contributed by atoms with Crippen LogP contribution in [-0.2, 0) is 0 Å². The Morgan fingerprint density at radius 3 is 1.70 bits per heavy atom. The molecule has 0 amide bonds. The van der Waals surface area contributed by atoms with Crippen molar-refractivity contribution < 1.29 is 9.53 Å². The number of nitrogen functional groups attached to an aromatic ring is 2. The highest BCUT2D eigenvalue weighted by atomic mass is 16.5. The van der Waals surface area contributed by atoms with E-state index in [2.05, 4.69) is 9.88 Å². The summed E-state index contributed by atoms with van der Waals surface area (Å²) in [7, 11) is 0. The van der Waals surface area contributed by atoms with Crippen molar-refractivity contribution in [3.05, 3.63) is 103 Å². The maximum absolute atomic E-state index is 12.4. The lowest BCUT2D eigenvalue weighted by Gasteiger charge is -2.25. The molecular formula is C24H20N4O2. The van der Waals surface area contributed by atoms with Gasteiger partial charge >= 0.3 is 5.97 Å². The van der Waals surface area contributed by atoms with Crippen LogP contribution in [0.25, 0.3) is 0 Å². The lowest BCUT2D eigenvalue weighted by molar-refractivity contribution is 0.0734. The van der Waals surface area contributed by atoms with E-state index in [0.29, 0.717) is 22.7 Å². The molecule has 0 unspecified atom stereocenters. The predicted octanol–water partition coefficient (Wildman–Crippen LogP) is 4.94. The van der Waals surface area contributed by atoms with E-state index < -0.39 is 5.97 Å². The molecule has 3 aromatic carbocycles. The fourth-order valence-corrected chi connectivity index (χ4v) is 3.01. The van der Waals surface area contributed by atoms with Crippen molar-refractivity contribution in [1.29, 1.82) is 0 Å². The molecular weight excluding hydrogens is 376 g/mol. The monoisotopic (exact) mass is 396 g/mol. The van der Waals surface area contributed by atoms with Gasteiger partial charge in [0.15, 0.2) is 0 Å². The molecule has 0 fully saturated rings. The molecule has 0 atom stereocenters. The number of esters is 1. The van der Waals surface area contributed by atoms with Crippen LogP contribution < -0.4 is 21.1 Å². The number of hydrogen-bond donors (Lipinski definition) is 2. The van der Waals surface area contributed by atoms with Gasteiger partial charge in [0.1, 0.15) is 5.75 Å². The van der Waals surface area contributed by atoms with Crippen molar-refractivity contribution in [2.24, 2.45) is 0 Å². The Morgan fingerprint density at radius 2 is 1.23 bits per heavy atom. The standard InChI is InChI=1S/C24H20N4O2/c25-18-5-11-21(12-6-18)28(22-13-7-19(26)8-14-22)20-9-3-17(4-10-20)24(29)30-23-2-1-15-27-16-23/h1-16H,25-26H2. The number of anilines is 5. The summed E-state index contributed by atoms with van der Waals surface area (Å²) in [5.41, 5.74) is 16.2. The summed E-state index contributed by atoms with van der Waals surface area (Å²) in [6.45, 7) is 0. The van der Waals surface area contributed by atoms with Gasteiger partial charge in [-0.1, -0.05) is 0 Å². The number of pyridine rings is 1. The summed E-state index contributed by atoms with van der Waals surface area (Å²) in [5.74, 6) is -0.0435. The normalized spacial score (nSPS) is 10.4. The summed E-state index contributed by atoms with van der Waals surface area (Å²) in [5, 5.41) is 0.